The van der Waals surface area contributed by atoms with Crippen LogP contribution in [0.3, 0.4) is 0 Å². The number of hydrogen-bond donors (Lipinski definition) is 2. The first-order chi connectivity index (χ1) is 10.8. The van der Waals surface area contributed by atoms with Crippen molar-refractivity contribution in [1.82, 2.24) is 15.3 Å². The highest BCUT2D eigenvalue weighted by atomic mass is 15.2. The highest BCUT2D eigenvalue weighted by molar-refractivity contribution is 5.91. The van der Waals surface area contributed by atoms with Crippen molar-refractivity contribution >= 4 is 22.4 Å². The topological polar surface area (TPSA) is 53.1 Å². The Balaban J connectivity index is 1.84. The van der Waals surface area contributed by atoms with E-state index in [-0.39, 0.29) is 0 Å². The number of piperazine rings is 1. The van der Waals surface area contributed by atoms with E-state index in [1.165, 1.54) is 12.1 Å². The molecule has 1 saturated heterocycles. The summed E-state index contributed by atoms with van der Waals surface area (Å²) < 4.78 is 0. The molecule has 2 heterocycles. The summed E-state index contributed by atoms with van der Waals surface area (Å²) >= 11 is 0. The van der Waals surface area contributed by atoms with E-state index in [2.05, 4.69) is 57.5 Å². The normalized spacial score (nSPS) is 18.6. The largest absolute Gasteiger partial charge is 0.369 e. The summed E-state index contributed by atoms with van der Waals surface area (Å²) in [6.45, 7) is 8.50. The van der Waals surface area contributed by atoms with E-state index in [0.29, 0.717) is 6.04 Å². The van der Waals surface area contributed by atoms with Crippen molar-refractivity contribution in [3.8, 4) is 0 Å². The zero-order valence-corrected chi connectivity index (χ0v) is 13.5. The maximum absolute atomic E-state index is 4.45. The van der Waals surface area contributed by atoms with Crippen LogP contribution in [0.15, 0.2) is 24.5 Å². The van der Waals surface area contributed by atoms with Gasteiger partial charge in [-0.25, -0.2) is 9.97 Å². The first-order valence-corrected chi connectivity index (χ1v) is 8.25. The molecule has 5 nitrogen and oxygen atoms in total. The smallest absolute Gasteiger partial charge is 0.137 e. The van der Waals surface area contributed by atoms with Crippen LogP contribution in [0.2, 0.25) is 0 Å². The van der Waals surface area contributed by atoms with E-state index in [4.69, 9.17) is 0 Å². The quantitative estimate of drug-likeness (QED) is 0.831. The SMILES string of the molecule is CCCCNc1ncnc2cc(N3CCNC(C)C3)ccc12. The molecule has 0 radical (unpaired) electrons. The van der Waals surface area contributed by atoms with E-state index >= 15 is 0 Å². The van der Waals surface area contributed by atoms with Crippen molar-refractivity contribution < 1.29 is 0 Å². The van der Waals surface area contributed by atoms with Gasteiger partial charge in [-0.1, -0.05) is 13.3 Å². The number of nitrogens with one attached hydrogen (secondary N) is 2. The maximum Gasteiger partial charge on any atom is 0.137 e. The molecule has 1 fully saturated rings. The van der Waals surface area contributed by atoms with Crippen LogP contribution in [-0.4, -0.2) is 42.2 Å². The van der Waals surface area contributed by atoms with E-state index < -0.39 is 0 Å². The fourth-order valence-electron chi connectivity index (χ4n) is 2.93. The Kier molecular flexibility index (Phi) is 4.73. The van der Waals surface area contributed by atoms with Crippen LogP contribution in [0.25, 0.3) is 10.9 Å². The third kappa shape index (κ3) is 3.30. The molecule has 1 aromatic carbocycles. The van der Waals surface area contributed by atoms with Crippen LogP contribution in [0, 0.1) is 0 Å². The molecule has 0 aliphatic carbocycles. The molecule has 1 atom stereocenters. The van der Waals surface area contributed by atoms with Crippen molar-refractivity contribution in [2.75, 3.05) is 36.4 Å². The zero-order valence-electron chi connectivity index (χ0n) is 13.5. The molecule has 1 unspecified atom stereocenters. The second-order valence-corrected chi connectivity index (χ2v) is 6.01. The maximum atomic E-state index is 4.45. The first kappa shape index (κ1) is 15.0. The second-order valence-electron chi connectivity index (χ2n) is 6.01. The third-order valence-corrected chi connectivity index (χ3v) is 4.18. The summed E-state index contributed by atoms with van der Waals surface area (Å²) in [7, 11) is 0. The predicted octanol–water partition coefficient (Wildman–Crippen LogP) is 2.64. The number of fused-ring (bicyclic) bond motifs is 1. The Morgan fingerprint density at radius 3 is 3.09 bits per heavy atom. The number of anilines is 2. The average molecular weight is 299 g/mol. The lowest BCUT2D eigenvalue weighted by molar-refractivity contribution is 0.485. The van der Waals surface area contributed by atoms with Gasteiger partial charge in [0.05, 0.1) is 5.52 Å². The number of nitrogens with zero attached hydrogens (tertiary/aromatic N) is 3. The second kappa shape index (κ2) is 6.92. The van der Waals surface area contributed by atoms with E-state index in [1.807, 2.05) is 0 Å². The molecule has 1 aromatic heterocycles. The lowest BCUT2D eigenvalue weighted by Gasteiger charge is -2.33. The van der Waals surface area contributed by atoms with Crippen molar-refractivity contribution in [2.24, 2.45) is 0 Å². The van der Waals surface area contributed by atoms with Gasteiger partial charge < -0.3 is 15.5 Å². The molecule has 3 rings (SSSR count). The molecule has 1 aliphatic rings. The summed E-state index contributed by atoms with van der Waals surface area (Å²) in [5.74, 6) is 0.943. The molecular formula is C17H25N5. The Morgan fingerprint density at radius 1 is 1.36 bits per heavy atom. The zero-order chi connectivity index (χ0) is 15.4. The van der Waals surface area contributed by atoms with Crippen LogP contribution >= 0.6 is 0 Å². The van der Waals surface area contributed by atoms with Gasteiger partial charge in [0.1, 0.15) is 12.1 Å². The Morgan fingerprint density at radius 2 is 2.27 bits per heavy atom. The van der Waals surface area contributed by atoms with E-state index in [0.717, 1.165) is 49.3 Å². The molecular weight excluding hydrogens is 274 g/mol. The number of hydrogen-bond acceptors (Lipinski definition) is 5. The highest BCUT2D eigenvalue weighted by Crippen LogP contribution is 2.25. The summed E-state index contributed by atoms with van der Waals surface area (Å²) in [5.41, 5.74) is 2.26. The number of unbranched alkanes of at least 4 members (excludes halogenated alkanes) is 1. The minimum atomic E-state index is 0.529. The van der Waals surface area contributed by atoms with Crippen LogP contribution in [0.5, 0.6) is 0 Å². The van der Waals surface area contributed by atoms with Crippen molar-refractivity contribution in [3.05, 3.63) is 24.5 Å². The molecule has 2 aromatic rings. The van der Waals surface area contributed by atoms with Gasteiger partial charge in [-0.15, -0.1) is 0 Å². The summed E-state index contributed by atoms with van der Waals surface area (Å²) in [6, 6.07) is 7.04. The van der Waals surface area contributed by atoms with Crippen LogP contribution < -0.4 is 15.5 Å². The lowest BCUT2D eigenvalue weighted by Crippen LogP contribution is -2.49. The molecule has 0 amide bonds. The lowest BCUT2D eigenvalue weighted by atomic mass is 10.1. The molecule has 0 spiro atoms. The van der Waals surface area contributed by atoms with E-state index in [1.54, 1.807) is 6.33 Å². The first-order valence-electron chi connectivity index (χ1n) is 8.25. The van der Waals surface area contributed by atoms with Crippen LogP contribution in [0.1, 0.15) is 26.7 Å². The van der Waals surface area contributed by atoms with Crippen molar-refractivity contribution in [2.45, 2.75) is 32.7 Å². The molecule has 1 aliphatic heterocycles. The summed E-state index contributed by atoms with van der Waals surface area (Å²) in [6.07, 6.45) is 3.99. The van der Waals surface area contributed by atoms with Gasteiger partial charge in [0.15, 0.2) is 0 Å². The fourth-order valence-corrected chi connectivity index (χ4v) is 2.93. The standard InChI is InChI=1S/C17H25N5/c1-3-4-7-19-17-15-6-5-14(10-16(15)20-12-21-17)22-9-8-18-13(2)11-22/h5-6,10,12-13,18H,3-4,7-9,11H2,1-2H3,(H,19,20,21). The van der Waals surface area contributed by atoms with Gasteiger partial charge in [-0.3, -0.25) is 0 Å². The van der Waals surface area contributed by atoms with E-state index in [9.17, 15) is 0 Å². The molecule has 0 bridgehead atoms. The molecule has 118 valence electrons. The Labute approximate surface area is 132 Å². The average Bonchev–Trinajstić information content (AvgIpc) is 2.55. The van der Waals surface area contributed by atoms with Gasteiger partial charge in [-0.05, 0) is 31.5 Å². The predicted molar refractivity (Wildman–Crippen MR) is 92.6 cm³/mol. The Bertz CT molecular complexity index is 627. The van der Waals surface area contributed by atoms with Crippen molar-refractivity contribution in [1.29, 1.82) is 0 Å². The Hall–Kier alpha value is -1.88. The fraction of sp³-hybridized carbons (Fsp3) is 0.529. The van der Waals surface area contributed by atoms with Crippen LogP contribution in [-0.2, 0) is 0 Å². The molecule has 22 heavy (non-hydrogen) atoms. The van der Waals surface area contributed by atoms with Gasteiger partial charge in [0, 0.05) is 43.3 Å². The monoisotopic (exact) mass is 299 g/mol. The molecule has 5 heteroatoms. The van der Waals surface area contributed by atoms with Gasteiger partial charge in [0.25, 0.3) is 0 Å². The number of benzene rings is 1. The molecule has 0 saturated carbocycles. The highest BCUT2D eigenvalue weighted by Gasteiger charge is 2.16. The van der Waals surface area contributed by atoms with Crippen molar-refractivity contribution in [3.63, 3.8) is 0 Å². The summed E-state index contributed by atoms with van der Waals surface area (Å²) in [5, 5.41) is 8.00. The molecule has 2 N–H and O–H groups in total. The van der Waals surface area contributed by atoms with Gasteiger partial charge in [-0.2, -0.15) is 0 Å². The third-order valence-electron chi connectivity index (χ3n) is 4.18. The minimum Gasteiger partial charge on any atom is -0.369 e. The van der Waals surface area contributed by atoms with Gasteiger partial charge >= 0.3 is 0 Å². The van der Waals surface area contributed by atoms with Gasteiger partial charge in [0.2, 0.25) is 0 Å². The minimum absolute atomic E-state index is 0.529. The van der Waals surface area contributed by atoms with Crippen LogP contribution in [0.4, 0.5) is 11.5 Å². The summed E-state index contributed by atoms with van der Waals surface area (Å²) in [4.78, 5) is 11.3. The number of aromatic nitrogens is 2. The number of rotatable bonds is 5.